The molecule has 0 bridgehead atoms. The zero-order valence-electron chi connectivity index (χ0n) is 9.43. The van der Waals surface area contributed by atoms with Gasteiger partial charge in [0, 0.05) is 18.5 Å². The van der Waals surface area contributed by atoms with Crippen LogP contribution in [-0.2, 0) is 6.54 Å². The Kier molecular flexibility index (Phi) is 6.42. The van der Waals surface area contributed by atoms with Crippen LogP contribution < -0.4 is 10.1 Å². The number of hydrogen-bond donors (Lipinski definition) is 1. The highest BCUT2D eigenvalue weighted by Crippen LogP contribution is 2.29. The maximum atomic E-state index is 12.0. The Morgan fingerprint density at radius 2 is 2.25 bits per heavy atom. The van der Waals surface area contributed by atoms with Crippen molar-refractivity contribution in [3.63, 3.8) is 0 Å². The molecule has 4 heteroatoms. The summed E-state index contributed by atoms with van der Waals surface area (Å²) in [7, 11) is 0. The van der Waals surface area contributed by atoms with Crippen LogP contribution in [0.2, 0.25) is 0 Å². The third-order valence-corrected chi connectivity index (χ3v) is 2.76. The molecule has 0 saturated heterocycles. The van der Waals surface area contributed by atoms with Crippen molar-refractivity contribution in [2.45, 2.75) is 19.9 Å². The van der Waals surface area contributed by atoms with Crippen molar-refractivity contribution in [3.8, 4) is 5.75 Å². The largest absolute Gasteiger partial charge is 0.492 e. The molecule has 0 radical (unpaired) electrons. The van der Waals surface area contributed by atoms with Crippen molar-refractivity contribution in [1.82, 2.24) is 5.32 Å². The summed E-state index contributed by atoms with van der Waals surface area (Å²) < 4.78 is 18.5. The van der Waals surface area contributed by atoms with Gasteiger partial charge in [0.15, 0.2) is 0 Å². The molecule has 0 aliphatic rings. The second-order valence-corrected chi connectivity index (χ2v) is 4.25. The molecular formula is C12H17BrFNO. The van der Waals surface area contributed by atoms with E-state index in [-0.39, 0.29) is 6.67 Å². The van der Waals surface area contributed by atoms with Crippen molar-refractivity contribution < 1.29 is 9.13 Å². The first-order valence-electron chi connectivity index (χ1n) is 5.46. The monoisotopic (exact) mass is 289 g/mol. The van der Waals surface area contributed by atoms with Gasteiger partial charge in [-0.3, -0.25) is 4.39 Å². The number of benzene rings is 1. The van der Waals surface area contributed by atoms with Crippen LogP contribution in [0.4, 0.5) is 4.39 Å². The van der Waals surface area contributed by atoms with Gasteiger partial charge in [-0.25, -0.2) is 0 Å². The molecule has 0 aromatic heterocycles. The number of rotatable bonds is 7. The molecule has 16 heavy (non-hydrogen) atoms. The molecule has 1 N–H and O–H groups in total. The smallest absolute Gasteiger partial charge is 0.137 e. The van der Waals surface area contributed by atoms with E-state index in [9.17, 15) is 4.39 Å². The van der Waals surface area contributed by atoms with Gasteiger partial charge >= 0.3 is 0 Å². The molecule has 0 heterocycles. The Labute approximate surface area is 104 Å². The zero-order valence-corrected chi connectivity index (χ0v) is 11.0. The molecule has 0 saturated carbocycles. The van der Waals surface area contributed by atoms with Crippen LogP contribution >= 0.6 is 15.9 Å². The fourth-order valence-electron chi connectivity index (χ4n) is 1.34. The number of nitrogens with one attached hydrogen (secondary N) is 1. The summed E-state index contributed by atoms with van der Waals surface area (Å²) in [6, 6.07) is 5.91. The lowest BCUT2D eigenvalue weighted by Crippen LogP contribution is -2.13. The first kappa shape index (κ1) is 13.5. The lowest BCUT2D eigenvalue weighted by atomic mass is 10.2. The van der Waals surface area contributed by atoms with Crippen molar-refractivity contribution in [2.75, 3.05) is 19.8 Å². The van der Waals surface area contributed by atoms with Crippen molar-refractivity contribution in [3.05, 3.63) is 28.2 Å². The van der Waals surface area contributed by atoms with Crippen LogP contribution in [0.5, 0.6) is 5.75 Å². The molecule has 0 fully saturated rings. The highest BCUT2D eigenvalue weighted by Gasteiger charge is 2.07. The zero-order chi connectivity index (χ0) is 11.8. The molecular weight excluding hydrogens is 273 g/mol. The molecule has 1 aromatic rings. The number of hydrogen-bond acceptors (Lipinski definition) is 2. The molecule has 0 atom stereocenters. The van der Waals surface area contributed by atoms with E-state index >= 15 is 0 Å². The highest BCUT2D eigenvalue weighted by atomic mass is 79.9. The predicted octanol–water partition coefficient (Wildman–Crippen LogP) is 3.30. The number of para-hydroxylation sites is 1. The molecule has 0 unspecified atom stereocenters. The maximum absolute atomic E-state index is 12.0. The summed E-state index contributed by atoms with van der Waals surface area (Å²) >= 11 is 3.44. The standard InChI is InChI=1S/C12H17BrFNO/c1-2-15-9-10-5-3-6-11(13)12(10)16-8-4-7-14/h3,5-6,15H,2,4,7-9H2,1H3. The molecule has 90 valence electrons. The quantitative estimate of drug-likeness (QED) is 0.778. The Morgan fingerprint density at radius 3 is 2.94 bits per heavy atom. The second kappa shape index (κ2) is 7.63. The second-order valence-electron chi connectivity index (χ2n) is 3.40. The summed E-state index contributed by atoms with van der Waals surface area (Å²) in [5, 5.41) is 3.25. The Morgan fingerprint density at radius 1 is 1.44 bits per heavy atom. The topological polar surface area (TPSA) is 21.3 Å². The molecule has 2 nitrogen and oxygen atoms in total. The van der Waals surface area contributed by atoms with Crippen molar-refractivity contribution in [1.29, 1.82) is 0 Å². The summed E-state index contributed by atoms with van der Waals surface area (Å²) in [4.78, 5) is 0. The molecule has 0 aliphatic heterocycles. The van der Waals surface area contributed by atoms with Gasteiger partial charge in [0.2, 0.25) is 0 Å². The Hall–Kier alpha value is -0.610. The molecule has 0 aliphatic carbocycles. The predicted molar refractivity (Wildman–Crippen MR) is 67.6 cm³/mol. The van der Waals surface area contributed by atoms with Crippen LogP contribution in [0.25, 0.3) is 0 Å². The average Bonchev–Trinajstić information content (AvgIpc) is 2.29. The Balaban J connectivity index is 2.69. The lowest BCUT2D eigenvalue weighted by Gasteiger charge is -2.13. The minimum absolute atomic E-state index is 0.340. The van der Waals surface area contributed by atoms with E-state index in [1.165, 1.54) is 0 Å². The van der Waals surface area contributed by atoms with E-state index in [1.54, 1.807) is 0 Å². The van der Waals surface area contributed by atoms with Crippen LogP contribution in [0.3, 0.4) is 0 Å². The first-order valence-corrected chi connectivity index (χ1v) is 6.25. The van der Waals surface area contributed by atoms with Gasteiger partial charge in [-0.1, -0.05) is 19.1 Å². The molecule has 0 amide bonds. The fourth-order valence-corrected chi connectivity index (χ4v) is 1.86. The Bertz CT molecular complexity index is 320. The van der Waals surface area contributed by atoms with E-state index in [0.29, 0.717) is 13.0 Å². The minimum Gasteiger partial charge on any atom is -0.492 e. The van der Waals surface area contributed by atoms with Crippen LogP contribution in [0, 0.1) is 0 Å². The highest BCUT2D eigenvalue weighted by molar-refractivity contribution is 9.10. The number of ether oxygens (including phenoxy) is 1. The van der Waals surface area contributed by atoms with E-state index < -0.39 is 0 Å². The van der Waals surface area contributed by atoms with Crippen molar-refractivity contribution in [2.24, 2.45) is 0 Å². The molecule has 1 aromatic carbocycles. The maximum Gasteiger partial charge on any atom is 0.137 e. The van der Waals surface area contributed by atoms with E-state index in [2.05, 4.69) is 28.2 Å². The summed E-state index contributed by atoms with van der Waals surface area (Å²) in [5.74, 6) is 0.817. The van der Waals surface area contributed by atoms with Crippen molar-refractivity contribution >= 4 is 15.9 Å². The molecule has 0 spiro atoms. The minimum atomic E-state index is -0.340. The normalized spacial score (nSPS) is 10.4. The molecule has 1 rings (SSSR count). The fraction of sp³-hybridized carbons (Fsp3) is 0.500. The lowest BCUT2D eigenvalue weighted by molar-refractivity contribution is 0.285. The van der Waals surface area contributed by atoms with Crippen LogP contribution in [0.15, 0.2) is 22.7 Å². The van der Waals surface area contributed by atoms with Gasteiger partial charge in [0.25, 0.3) is 0 Å². The first-order chi connectivity index (χ1) is 7.79. The van der Waals surface area contributed by atoms with E-state index in [0.717, 1.165) is 28.9 Å². The third kappa shape index (κ3) is 4.10. The van der Waals surface area contributed by atoms with E-state index in [1.807, 2.05) is 18.2 Å². The summed E-state index contributed by atoms with van der Waals surface area (Å²) in [5.41, 5.74) is 1.09. The number of halogens is 2. The van der Waals surface area contributed by atoms with Gasteiger partial charge in [-0.15, -0.1) is 0 Å². The van der Waals surface area contributed by atoms with Gasteiger partial charge in [0.05, 0.1) is 17.8 Å². The van der Waals surface area contributed by atoms with Crippen LogP contribution in [-0.4, -0.2) is 19.8 Å². The van der Waals surface area contributed by atoms with E-state index in [4.69, 9.17) is 4.74 Å². The van der Waals surface area contributed by atoms with Gasteiger partial charge in [0.1, 0.15) is 5.75 Å². The van der Waals surface area contributed by atoms with Gasteiger partial charge in [-0.05, 0) is 28.5 Å². The summed E-state index contributed by atoms with van der Waals surface area (Å²) in [6.07, 6.45) is 0.433. The third-order valence-electron chi connectivity index (χ3n) is 2.14. The van der Waals surface area contributed by atoms with Gasteiger partial charge in [-0.2, -0.15) is 0 Å². The SMILES string of the molecule is CCNCc1cccc(Br)c1OCCCF. The average molecular weight is 290 g/mol. The van der Waals surface area contributed by atoms with Crippen LogP contribution in [0.1, 0.15) is 18.9 Å². The number of alkyl halides is 1. The van der Waals surface area contributed by atoms with Gasteiger partial charge < -0.3 is 10.1 Å². The summed E-state index contributed by atoms with van der Waals surface area (Å²) in [6.45, 7) is 3.81.